The van der Waals surface area contributed by atoms with Crippen LogP contribution < -0.4 is 0 Å². The smallest absolute Gasteiger partial charge is 0.374 e. The number of furan rings is 1. The maximum Gasteiger partial charge on any atom is 0.374 e. The fraction of sp³-hybridized carbons (Fsp3) is 0.263. The molecule has 3 aromatic heterocycles. The van der Waals surface area contributed by atoms with E-state index in [1.807, 2.05) is 13.0 Å². The summed E-state index contributed by atoms with van der Waals surface area (Å²) in [5.74, 6) is 0.548. The number of hydrogen-bond donors (Lipinski definition) is 0. The number of methoxy groups -OCH3 is 1. The van der Waals surface area contributed by atoms with E-state index in [2.05, 4.69) is 14.9 Å². The molecule has 3 aromatic rings. The molecule has 0 amide bonds. The minimum absolute atomic E-state index is 0.0917. The van der Waals surface area contributed by atoms with Crippen LogP contribution in [0.3, 0.4) is 0 Å². The van der Waals surface area contributed by atoms with Crippen molar-refractivity contribution in [2.75, 3.05) is 7.11 Å². The average molecular weight is 402 g/mol. The number of aromatic nitrogens is 2. The third kappa shape index (κ3) is 4.61. The van der Waals surface area contributed by atoms with Gasteiger partial charge in [0.05, 0.1) is 18.4 Å². The van der Waals surface area contributed by atoms with Crippen LogP contribution in [-0.2, 0) is 21.8 Å². The summed E-state index contributed by atoms with van der Waals surface area (Å²) in [4.78, 5) is 28.3. The molecule has 3 rings (SSSR count). The summed E-state index contributed by atoms with van der Waals surface area (Å²) in [5, 5.41) is 4.45. The minimum Gasteiger partial charge on any atom is -0.463 e. The van der Waals surface area contributed by atoms with E-state index in [4.69, 9.17) is 13.7 Å². The number of ether oxygens (including phenoxy) is 2. The van der Waals surface area contributed by atoms with Crippen LogP contribution in [0.25, 0.3) is 0 Å². The Labute approximate surface area is 165 Å². The number of rotatable bonds is 7. The zero-order chi connectivity index (χ0) is 20.1. The topological polar surface area (TPSA) is 105 Å². The van der Waals surface area contributed by atoms with Gasteiger partial charge in [-0.15, -0.1) is 0 Å². The van der Waals surface area contributed by atoms with Gasteiger partial charge in [0.25, 0.3) is 0 Å². The molecule has 0 aliphatic rings. The third-order valence-electron chi connectivity index (χ3n) is 3.71. The highest BCUT2D eigenvalue weighted by Crippen LogP contribution is 2.25. The maximum atomic E-state index is 12.5. The van der Waals surface area contributed by atoms with Crippen LogP contribution in [0, 0.1) is 13.8 Å². The van der Waals surface area contributed by atoms with Crippen molar-refractivity contribution in [2.24, 2.45) is 0 Å². The molecule has 8 nitrogen and oxygen atoms in total. The molecule has 0 unspecified atom stereocenters. The van der Waals surface area contributed by atoms with Gasteiger partial charge in [-0.25, -0.2) is 14.6 Å². The lowest BCUT2D eigenvalue weighted by molar-refractivity contribution is 0.0433. The largest absolute Gasteiger partial charge is 0.463 e. The van der Waals surface area contributed by atoms with Gasteiger partial charge in [-0.05, 0) is 32.0 Å². The van der Waals surface area contributed by atoms with E-state index in [0.717, 1.165) is 11.5 Å². The number of thioether (sulfide) groups is 1. The molecule has 0 atom stereocenters. The molecule has 0 radical (unpaired) electrons. The molecular formula is C19H18N2O6S. The first-order chi connectivity index (χ1) is 13.5. The molecule has 0 aliphatic heterocycles. The van der Waals surface area contributed by atoms with Gasteiger partial charge in [0, 0.05) is 23.6 Å². The number of pyridine rings is 1. The van der Waals surface area contributed by atoms with E-state index >= 15 is 0 Å². The second kappa shape index (κ2) is 8.75. The predicted octanol–water partition coefficient (Wildman–Crippen LogP) is 3.72. The van der Waals surface area contributed by atoms with Crippen LogP contribution in [0.1, 0.15) is 43.7 Å². The Bertz CT molecular complexity index is 994. The first-order valence-electron chi connectivity index (χ1n) is 8.32. The van der Waals surface area contributed by atoms with Crippen molar-refractivity contribution in [1.29, 1.82) is 0 Å². The number of carbonyl (C=O) groups excluding carboxylic acids is 2. The Hall–Kier alpha value is -3.07. The van der Waals surface area contributed by atoms with E-state index in [1.165, 1.54) is 18.9 Å². The van der Waals surface area contributed by atoms with Crippen molar-refractivity contribution >= 4 is 23.7 Å². The summed E-state index contributed by atoms with van der Waals surface area (Å²) in [6, 6.07) is 6.75. The van der Waals surface area contributed by atoms with Crippen molar-refractivity contribution in [2.45, 2.75) is 31.2 Å². The molecule has 0 spiro atoms. The Kier molecular flexibility index (Phi) is 6.15. The van der Waals surface area contributed by atoms with E-state index in [0.29, 0.717) is 27.7 Å². The summed E-state index contributed by atoms with van der Waals surface area (Å²) in [6.45, 7) is 3.41. The van der Waals surface area contributed by atoms with Gasteiger partial charge in [0.2, 0.25) is 5.76 Å². The second-order valence-electron chi connectivity index (χ2n) is 5.87. The van der Waals surface area contributed by atoms with Gasteiger partial charge in [-0.3, -0.25) is 0 Å². The maximum absolute atomic E-state index is 12.5. The lowest BCUT2D eigenvalue weighted by atomic mass is 10.2. The van der Waals surface area contributed by atoms with Crippen molar-refractivity contribution < 1.29 is 28.0 Å². The fourth-order valence-electron chi connectivity index (χ4n) is 2.42. The summed E-state index contributed by atoms with van der Waals surface area (Å²) in [6.07, 6.45) is 1.60. The Morgan fingerprint density at radius 1 is 1.21 bits per heavy atom. The first-order valence-corrected chi connectivity index (χ1v) is 9.31. The molecule has 3 heterocycles. The number of nitrogens with zero attached hydrogens (tertiary/aromatic N) is 2. The summed E-state index contributed by atoms with van der Waals surface area (Å²) in [7, 11) is 1.27. The van der Waals surface area contributed by atoms with Crippen molar-refractivity contribution in [1.82, 2.24) is 10.1 Å². The van der Waals surface area contributed by atoms with E-state index < -0.39 is 11.9 Å². The standard InChI is InChI=1S/C19H18N2O6S/c1-11-7-14(26-16(11)19(23)24-3)9-25-18(22)15-5-4-6-20-17(15)28-10-13-8-12(2)27-21-13/h4-8H,9-10H2,1-3H3. The van der Waals surface area contributed by atoms with Crippen LogP contribution in [0.2, 0.25) is 0 Å². The fourth-order valence-corrected chi connectivity index (χ4v) is 3.28. The number of hydrogen-bond acceptors (Lipinski definition) is 9. The first kappa shape index (κ1) is 19.7. The normalized spacial score (nSPS) is 10.7. The predicted molar refractivity (Wildman–Crippen MR) is 98.9 cm³/mol. The Balaban J connectivity index is 1.65. The SMILES string of the molecule is COC(=O)c1oc(COC(=O)c2cccnc2SCc2cc(C)on2)cc1C. The highest BCUT2D eigenvalue weighted by Gasteiger charge is 2.19. The van der Waals surface area contributed by atoms with Gasteiger partial charge in [-0.2, -0.15) is 0 Å². The van der Waals surface area contributed by atoms with Crippen molar-refractivity contribution in [3.63, 3.8) is 0 Å². The number of esters is 2. The number of carbonyl (C=O) groups is 2. The summed E-state index contributed by atoms with van der Waals surface area (Å²) >= 11 is 1.36. The zero-order valence-electron chi connectivity index (χ0n) is 15.6. The van der Waals surface area contributed by atoms with E-state index in [-0.39, 0.29) is 12.4 Å². The third-order valence-corrected chi connectivity index (χ3v) is 4.75. The molecule has 0 N–H and O–H groups in total. The average Bonchev–Trinajstić information content (AvgIpc) is 3.29. The van der Waals surface area contributed by atoms with Gasteiger partial charge in [0.1, 0.15) is 23.2 Å². The molecule has 9 heteroatoms. The van der Waals surface area contributed by atoms with Gasteiger partial charge < -0.3 is 18.4 Å². The molecule has 0 saturated carbocycles. The monoisotopic (exact) mass is 402 g/mol. The molecule has 0 aromatic carbocycles. The Morgan fingerprint density at radius 3 is 2.75 bits per heavy atom. The van der Waals surface area contributed by atoms with Crippen molar-refractivity contribution in [3.05, 3.63) is 64.6 Å². The Morgan fingerprint density at radius 2 is 2.04 bits per heavy atom. The van der Waals surface area contributed by atoms with Crippen LogP contribution in [0.4, 0.5) is 0 Å². The highest BCUT2D eigenvalue weighted by atomic mass is 32.2. The molecular weight excluding hydrogens is 384 g/mol. The van der Waals surface area contributed by atoms with E-state index in [9.17, 15) is 9.59 Å². The summed E-state index contributed by atoms with van der Waals surface area (Å²) in [5.41, 5.74) is 1.71. The quantitative estimate of drug-likeness (QED) is 0.432. The molecule has 0 saturated heterocycles. The van der Waals surface area contributed by atoms with Gasteiger partial charge in [0.15, 0.2) is 0 Å². The molecule has 0 aliphatic carbocycles. The van der Waals surface area contributed by atoms with Crippen molar-refractivity contribution in [3.8, 4) is 0 Å². The second-order valence-corrected chi connectivity index (χ2v) is 6.83. The van der Waals surface area contributed by atoms with Crippen LogP contribution in [0.15, 0.2) is 44.4 Å². The minimum atomic E-state index is -0.580. The van der Waals surface area contributed by atoms with Crippen LogP contribution in [0.5, 0.6) is 0 Å². The lowest BCUT2D eigenvalue weighted by Gasteiger charge is -2.07. The molecule has 28 heavy (non-hydrogen) atoms. The van der Waals surface area contributed by atoms with Gasteiger partial charge >= 0.3 is 11.9 Å². The number of aryl methyl sites for hydroxylation is 2. The lowest BCUT2D eigenvalue weighted by Crippen LogP contribution is -2.07. The zero-order valence-corrected chi connectivity index (χ0v) is 16.4. The molecule has 0 bridgehead atoms. The van der Waals surface area contributed by atoms with Crippen LogP contribution >= 0.6 is 11.8 Å². The summed E-state index contributed by atoms with van der Waals surface area (Å²) < 4.78 is 20.4. The molecule has 0 fully saturated rings. The molecule has 146 valence electrons. The highest BCUT2D eigenvalue weighted by molar-refractivity contribution is 7.98. The van der Waals surface area contributed by atoms with Gasteiger partial charge in [-0.1, -0.05) is 16.9 Å². The van der Waals surface area contributed by atoms with Crippen LogP contribution in [-0.4, -0.2) is 29.2 Å². The van der Waals surface area contributed by atoms with E-state index in [1.54, 1.807) is 31.3 Å².